The van der Waals surface area contributed by atoms with Crippen LogP contribution in [0, 0.1) is 5.82 Å². The summed E-state index contributed by atoms with van der Waals surface area (Å²) in [4.78, 5) is 0.905. The number of rotatable bonds is 1. The van der Waals surface area contributed by atoms with Crippen molar-refractivity contribution >= 4 is 38.7 Å². The predicted molar refractivity (Wildman–Crippen MR) is 55.8 cm³/mol. The largest absolute Gasteiger partial charge is 0.397 e. The number of nitrogen functional groups attached to an aromatic ring is 1. The highest BCUT2D eigenvalue weighted by molar-refractivity contribution is 7.20. The zero-order valence-corrected chi connectivity index (χ0v) is 8.25. The first-order valence-corrected chi connectivity index (χ1v) is 5.10. The molecule has 0 spiro atoms. The van der Waals surface area contributed by atoms with Crippen molar-refractivity contribution in [1.82, 2.24) is 0 Å². The molecule has 0 fully saturated rings. The summed E-state index contributed by atoms with van der Waals surface area (Å²) < 4.78 is 13.8. The molecule has 4 heteroatoms. The van der Waals surface area contributed by atoms with Gasteiger partial charge in [0.2, 0.25) is 0 Å². The maximum absolute atomic E-state index is 12.8. The van der Waals surface area contributed by atoms with E-state index in [0.29, 0.717) is 11.6 Å². The number of hydrogen-bond donors (Lipinski definition) is 1. The lowest BCUT2D eigenvalue weighted by Gasteiger charge is -1.92. The lowest BCUT2D eigenvalue weighted by Crippen LogP contribution is -1.86. The molecular weight excluding hydrogens is 209 g/mol. The summed E-state index contributed by atoms with van der Waals surface area (Å²) in [6.45, 7) is 0. The third kappa shape index (κ3) is 1.38. The first-order valence-electron chi connectivity index (χ1n) is 3.74. The summed E-state index contributed by atoms with van der Waals surface area (Å²) >= 11 is 7.19. The van der Waals surface area contributed by atoms with Gasteiger partial charge in [-0.2, -0.15) is 0 Å². The lowest BCUT2D eigenvalue weighted by molar-refractivity contribution is 0.630. The molecule has 68 valence electrons. The number of anilines is 1. The van der Waals surface area contributed by atoms with Crippen molar-refractivity contribution in [2.24, 2.45) is 0 Å². The Morgan fingerprint density at radius 3 is 2.92 bits per heavy atom. The van der Waals surface area contributed by atoms with Gasteiger partial charge in [-0.15, -0.1) is 22.9 Å². The van der Waals surface area contributed by atoms with Crippen molar-refractivity contribution in [3.63, 3.8) is 0 Å². The van der Waals surface area contributed by atoms with E-state index in [-0.39, 0.29) is 5.82 Å². The average molecular weight is 216 g/mol. The lowest BCUT2D eigenvalue weighted by atomic mass is 10.2. The van der Waals surface area contributed by atoms with Gasteiger partial charge in [0.15, 0.2) is 0 Å². The molecule has 0 radical (unpaired) electrons. The van der Waals surface area contributed by atoms with Crippen LogP contribution in [0.3, 0.4) is 0 Å². The standard InChI is InChI=1S/C9H7ClFNS/c10-4-8-9(12)6-3-5(11)1-2-7(6)13-8/h1-3H,4,12H2. The Bertz CT molecular complexity index is 452. The molecule has 1 aromatic carbocycles. The Balaban J connectivity index is 2.77. The highest BCUT2D eigenvalue weighted by Gasteiger charge is 2.08. The third-order valence-electron chi connectivity index (χ3n) is 1.89. The number of alkyl halides is 1. The van der Waals surface area contributed by atoms with Crippen LogP contribution in [0.4, 0.5) is 10.1 Å². The minimum Gasteiger partial charge on any atom is -0.397 e. The molecular formula is C9H7ClFNS. The van der Waals surface area contributed by atoms with E-state index >= 15 is 0 Å². The third-order valence-corrected chi connectivity index (χ3v) is 3.50. The Labute approximate surface area is 83.9 Å². The van der Waals surface area contributed by atoms with Gasteiger partial charge < -0.3 is 5.73 Å². The Hall–Kier alpha value is -0.800. The average Bonchev–Trinajstić information content (AvgIpc) is 2.44. The van der Waals surface area contributed by atoms with Crippen molar-refractivity contribution in [3.05, 3.63) is 28.9 Å². The summed E-state index contributed by atoms with van der Waals surface area (Å²) in [7, 11) is 0. The highest BCUT2D eigenvalue weighted by Crippen LogP contribution is 2.34. The minimum atomic E-state index is -0.266. The smallest absolute Gasteiger partial charge is 0.123 e. The Morgan fingerprint density at radius 2 is 2.23 bits per heavy atom. The second-order valence-electron chi connectivity index (χ2n) is 2.71. The summed E-state index contributed by atoms with van der Waals surface area (Å²) in [5.41, 5.74) is 6.38. The van der Waals surface area contributed by atoms with Gasteiger partial charge in [-0.3, -0.25) is 0 Å². The summed E-state index contributed by atoms with van der Waals surface area (Å²) in [6.07, 6.45) is 0. The Morgan fingerprint density at radius 1 is 1.46 bits per heavy atom. The van der Waals surface area contributed by atoms with Gasteiger partial charge in [0, 0.05) is 15.0 Å². The maximum Gasteiger partial charge on any atom is 0.123 e. The molecule has 0 amide bonds. The van der Waals surface area contributed by atoms with Crippen molar-refractivity contribution < 1.29 is 4.39 Å². The van der Waals surface area contributed by atoms with Crippen LogP contribution in [0.5, 0.6) is 0 Å². The molecule has 0 aliphatic rings. The van der Waals surface area contributed by atoms with Crippen LogP contribution in [0.1, 0.15) is 4.88 Å². The molecule has 0 saturated heterocycles. The maximum atomic E-state index is 12.8. The molecule has 1 heterocycles. The van der Waals surface area contributed by atoms with Gasteiger partial charge in [-0.05, 0) is 18.2 Å². The predicted octanol–water partition coefficient (Wildman–Crippen LogP) is 3.36. The fraction of sp³-hybridized carbons (Fsp3) is 0.111. The van der Waals surface area contributed by atoms with Gasteiger partial charge in [0.25, 0.3) is 0 Å². The summed E-state index contributed by atoms with van der Waals surface area (Å²) in [5, 5.41) is 0.764. The topological polar surface area (TPSA) is 26.0 Å². The normalized spacial score (nSPS) is 10.9. The summed E-state index contributed by atoms with van der Waals surface area (Å²) in [6, 6.07) is 4.59. The first kappa shape index (κ1) is 8.78. The van der Waals surface area contributed by atoms with Crippen molar-refractivity contribution in [3.8, 4) is 0 Å². The number of thiophene rings is 1. The van der Waals surface area contributed by atoms with Crippen LogP contribution >= 0.6 is 22.9 Å². The molecule has 1 nitrogen and oxygen atoms in total. The van der Waals surface area contributed by atoms with E-state index in [2.05, 4.69) is 0 Å². The van der Waals surface area contributed by atoms with Crippen molar-refractivity contribution in [2.45, 2.75) is 5.88 Å². The van der Waals surface area contributed by atoms with Gasteiger partial charge in [0.1, 0.15) is 5.82 Å². The van der Waals surface area contributed by atoms with E-state index < -0.39 is 0 Å². The van der Waals surface area contributed by atoms with Crippen LogP contribution < -0.4 is 5.73 Å². The fourth-order valence-electron chi connectivity index (χ4n) is 1.24. The second kappa shape index (κ2) is 3.16. The first-order chi connectivity index (χ1) is 6.22. The SMILES string of the molecule is Nc1c(CCl)sc2ccc(F)cc12. The zero-order valence-electron chi connectivity index (χ0n) is 6.68. The summed E-state index contributed by atoms with van der Waals surface area (Å²) in [5.74, 6) is 0.116. The molecule has 0 aliphatic carbocycles. The van der Waals surface area contributed by atoms with Crippen molar-refractivity contribution in [1.29, 1.82) is 0 Å². The highest BCUT2D eigenvalue weighted by atomic mass is 35.5. The second-order valence-corrected chi connectivity index (χ2v) is 4.12. The van der Waals surface area contributed by atoms with Gasteiger partial charge in [-0.1, -0.05) is 0 Å². The van der Waals surface area contributed by atoms with Crippen LogP contribution in [-0.4, -0.2) is 0 Å². The van der Waals surface area contributed by atoms with Crippen molar-refractivity contribution in [2.75, 3.05) is 5.73 Å². The molecule has 13 heavy (non-hydrogen) atoms. The molecule has 2 rings (SSSR count). The molecule has 0 bridgehead atoms. The van der Waals surface area contributed by atoms with Gasteiger partial charge >= 0.3 is 0 Å². The fourth-order valence-corrected chi connectivity index (χ4v) is 2.50. The van der Waals surface area contributed by atoms with Gasteiger partial charge in [0.05, 0.1) is 11.6 Å². The number of benzene rings is 1. The molecule has 1 aromatic heterocycles. The van der Waals surface area contributed by atoms with Crippen LogP contribution in [0.15, 0.2) is 18.2 Å². The van der Waals surface area contributed by atoms with E-state index in [1.165, 1.54) is 23.5 Å². The quantitative estimate of drug-likeness (QED) is 0.726. The van der Waals surface area contributed by atoms with Crippen LogP contribution in [-0.2, 0) is 5.88 Å². The number of fused-ring (bicyclic) bond motifs is 1. The Kier molecular flexibility index (Phi) is 2.14. The van der Waals surface area contributed by atoms with E-state index in [1.807, 2.05) is 0 Å². The number of hydrogen-bond acceptors (Lipinski definition) is 2. The molecule has 0 unspecified atom stereocenters. The minimum absolute atomic E-state index is 0.266. The molecule has 2 N–H and O–H groups in total. The van der Waals surface area contributed by atoms with Crippen LogP contribution in [0.25, 0.3) is 10.1 Å². The van der Waals surface area contributed by atoms with Gasteiger partial charge in [-0.25, -0.2) is 4.39 Å². The van der Waals surface area contributed by atoms with Crippen LogP contribution in [0.2, 0.25) is 0 Å². The number of nitrogens with two attached hydrogens (primary N) is 1. The zero-order chi connectivity index (χ0) is 9.42. The van der Waals surface area contributed by atoms with E-state index in [4.69, 9.17) is 17.3 Å². The number of halogens is 2. The molecule has 0 saturated carbocycles. The monoisotopic (exact) mass is 215 g/mol. The van der Waals surface area contributed by atoms with E-state index in [9.17, 15) is 4.39 Å². The molecule has 0 aliphatic heterocycles. The van der Waals surface area contributed by atoms with E-state index in [1.54, 1.807) is 6.07 Å². The molecule has 0 atom stereocenters. The molecule has 2 aromatic rings. The van der Waals surface area contributed by atoms with E-state index in [0.717, 1.165) is 15.0 Å².